The summed E-state index contributed by atoms with van der Waals surface area (Å²) < 4.78 is 9.41. The molecule has 0 saturated heterocycles. The van der Waals surface area contributed by atoms with Gasteiger partial charge in [0.25, 0.3) is 0 Å². The number of aromatic nitrogens is 4. The molecule has 0 saturated carbocycles. The molecule has 2 rings (SSSR count). The van der Waals surface area contributed by atoms with Crippen molar-refractivity contribution in [2.45, 2.75) is 168 Å². The quantitative estimate of drug-likeness (QED) is 0.115. The summed E-state index contributed by atoms with van der Waals surface area (Å²) in [5.41, 5.74) is 0. The maximum atomic E-state index is 2.37. The van der Waals surface area contributed by atoms with Crippen LogP contribution in [0.1, 0.15) is 142 Å². The van der Waals surface area contributed by atoms with Crippen molar-refractivity contribution in [2.75, 3.05) is 0 Å². The van der Waals surface area contributed by atoms with Crippen LogP contribution in [0.3, 0.4) is 0 Å². The van der Waals surface area contributed by atoms with E-state index in [-0.39, 0.29) is 34.0 Å². The second-order valence-corrected chi connectivity index (χ2v) is 11.1. The first kappa shape index (κ1) is 37.4. The molecule has 0 radical (unpaired) electrons. The molecular weight excluding hydrogens is 600 g/mol. The number of unbranched alkanes of at least 4 members (excludes halogenated alkanes) is 18. The SMILES string of the molecule is CCCCCCCCCCCC[n+]1ccn(CCn2cc[n+](CCCCCCCCCCCC)c2)c1.[Br-].[Br-]. The third-order valence-corrected chi connectivity index (χ3v) is 7.65. The van der Waals surface area contributed by atoms with Crippen LogP contribution in [0.15, 0.2) is 37.4 Å². The Hall–Kier alpha value is -0.620. The van der Waals surface area contributed by atoms with Gasteiger partial charge in [-0.1, -0.05) is 117 Å². The van der Waals surface area contributed by atoms with Crippen LogP contribution in [-0.4, -0.2) is 9.13 Å². The summed E-state index contributed by atoms with van der Waals surface area (Å²) in [6.45, 7) is 8.99. The first-order valence-electron chi connectivity index (χ1n) is 15.9. The molecule has 0 amide bonds. The molecular formula is C32H60Br2N4. The van der Waals surface area contributed by atoms with Crippen molar-refractivity contribution in [3.63, 3.8) is 0 Å². The van der Waals surface area contributed by atoms with Crippen LogP contribution in [-0.2, 0) is 26.2 Å². The Kier molecular flexibility index (Phi) is 26.2. The number of halogens is 2. The fourth-order valence-corrected chi connectivity index (χ4v) is 5.20. The molecule has 0 aliphatic carbocycles. The van der Waals surface area contributed by atoms with E-state index in [0.717, 1.165) is 26.2 Å². The lowest BCUT2D eigenvalue weighted by molar-refractivity contribution is -0.697. The zero-order chi connectivity index (χ0) is 25.5. The minimum Gasteiger partial charge on any atom is -1.00 e. The Morgan fingerprint density at radius 2 is 0.711 bits per heavy atom. The molecule has 0 bridgehead atoms. The third-order valence-electron chi connectivity index (χ3n) is 7.65. The van der Waals surface area contributed by atoms with Gasteiger partial charge in [0.1, 0.15) is 37.9 Å². The Balaban J connectivity index is 0.00000684. The second kappa shape index (κ2) is 26.6. The van der Waals surface area contributed by atoms with E-state index >= 15 is 0 Å². The number of rotatable bonds is 25. The summed E-state index contributed by atoms with van der Waals surface area (Å²) >= 11 is 0. The first-order valence-corrected chi connectivity index (χ1v) is 15.9. The Bertz CT molecular complexity index is 681. The summed E-state index contributed by atoms with van der Waals surface area (Å²) in [4.78, 5) is 0. The van der Waals surface area contributed by atoms with Gasteiger partial charge < -0.3 is 34.0 Å². The van der Waals surface area contributed by atoms with Crippen LogP contribution in [0.4, 0.5) is 0 Å². The lowest BCUT2D eigenvalue weighted by Gasteiger charge is -2.01. The molecule has 0 N–H and O–H groups in total. The van der Waals surface area contributed by atoms with Crippen LogP contribution in [0.2, 0.25) is 0 Å². The van der Waals surface area contributed by atoms with Crippen LogP contribution in [0.5, 0.6) is 0 Å². The predicted octanol–water partition coefficient (Wildman–Crippen LogP) is 2.41. The molecule has 6 heteroatoms. The maximum absolute atomic E-state index is 2.37. The van der Waals surface area contributed by atoms with E-state index < -0.39 is 0 Å². The fourth-order valence-electron chi connectivity index (χ4n) is 5.20. The molecule has 0 atom stereocenters. The lowest BCUT2D eigenvalue weighted by Crippen LogP contribution is -3.00. The summed E-state index contributed by atoms with van der Waals surface area (Å²) in [6.07, 6.45) is 41.6. The van der Waals surface area contributed by atoms with Crippen molar-refractivity contribution in [1.82, 2.24) is 9.13 Å². The van der Waals surface area contributed by atoms with Crippen molar-refractivity contribution in [2.24, 2.45) is 0 Å². The monoisotopic (exact) mass is 658 g/mol. The Morgan fingerprint density at radius 1 is 0.421 bits per heavy atom. The minimum atomic E-state index is 0. The summed E-state index contributed by atoms with van der Waals surface area (Å²) in [5.74, 6) is 0. The van der Waals surface area contributed by atoms with Crippen molar-refractivity contribution in [3.8, 4) is 0 Å². The highest BCUT2D eigenvalue weighted by atomic mass is 79.9. The van der Waals surface area contributed by atoms with E-state index in [1.807, 2.05) is 0 Å². The topological polar surface area (TPSA) is 17.6 Å². The van der Waals surface area contributed by atoms with Gasteiger partial charge in [-0.25, -0.2) is 18.3 Å². The van der Waals surface area contributed by atoms with Gasteiger partial charge in [0.2, 0.25) is 12.7 Å². The fraction of sp³-hybridized carbons (Fsp3) is 0.812. The highest BCUT2D eigenvalue weighted by molar-refractivity contribution is 4.70. The van der Waals surface area contributed by atoms with Crippen molar-refractivity contribution < 1.29 is 43.1 Å². The molecule has 2 aromatic rings. The second-order valence-electron chi connectivity index (χ2n) is 11.1. The van der Waals surface area contributed by atoms with Crippen molar-refractivity contribution in [3.05, 3.63) is 37.4 Å². The number of nitrogens with zero attached hydrogens (tertiary/aromatic N) is 4. The van der Waals surface area contributed by atoms with Crippen LogP contribution in [0.25, 0.3) is 0 Å². The molecule has 38 heavy (non-hydrogen) atoms. The summed E-state index contributed by atoms with van der Waals surface area (Å²) in [5, 5.41) is 0. The van der Waals surface area contributed by atoms with Crippen molar-refractivity contribution in [1.29, 1.82) is 0 Å². The van der Waals surface area contributed by atoms with Gasteiger partial charge in [0, 0.05) is 0 Å². The molecule has 2 aromatic heterocycles. The lowest BCUT2D eigenvalue weighted by atomic mass is 10.1. The van der Waals surface area contributed by atoms with E-state index in [0.29, 0.717) is 0 Å². The van der Waals surface area contributed by atoms with E-state index in [4.69, 9.17) is 0 Å². The zero-order valence-electron chi connectivity index (χ0n) is 25.0. The molecule has 0 aliphatic rings. The van der Waals surface area contributed by atoms with Gasteiger partial charge in [-0.3, -0.25) is 0 Å². The van der Waals surface area contributed by atoms with E-state index in [2.05, 4.69) is 69.6 Å². The van der Waals surface area contributed by atoms with E-state index in [1.54, 1.807) is 0 Å². The molecule has 222 valence electrons. The summed E-state index contributed by atoms with van der Waals surface area (Å²) in [7, 11) is 0. The molecule has 0 unspecified atom stereocenters. The molecule has 0 aromatic carbocycles. The van der Waals surface area contributed by atoms with E-state index in [1.165, 1.54) is 128 Å². The number of aryl methyl sites for hydroxylation is 4. The number of imidazole rings is 2. The third kappa shape index (κ3) is 19.4. The average molecular weight is 661 g/mol. The zero-order valence-corrected chi connectivity index (χ0v) is 28.2. The predicted molar refractivity (Wildman–Crippen MR) is 153 cm³/mol. The molecule has 2 heterocycles. The number of hydrogen-bond donors (Lipinski definition) is 0. The molecule has 0 spiro atoms. The Morgan fingerprint density at radius 3 is 1.03 bits per heavy atom. The van der Waals surface area contributed by atoms with Crippen LogP contribution in [0, 0.1) is 0 Å². The highest BCUT2D eigenvalue weighted by Crippen LogP contribution is 2.11. The van der Waals surface area contributed by atoms with Gasteiger partial charge in [0.05, 0.1) is 13.1 Å². The van der Waals surface area contributed by atoms with Crippen molar-refractivity contribution >= 4 is 0 Å². The normalized spacial score (nSPS) is 10.9. The smallest absolute Gasteiger partial charge is 0.243 e. The first-order chi connectivity index (χ1) is 17.8. The van der Waals surface area contributed by atoms with Gasteiger partial charge in [-0.05, 0) is 25.7 Å². The molecule has 4 nitrogen and oxygen atoms in total. The summed E-state index contributed by atoms with van der Waals surface area (Å²) in [6, 6.07) is 0. The van der Waals surface area contributed by atoms with Gasteiger partial charge >= 0.3 is 0 Å². The van der Waals surface area contributed by atoms with Gasteiger partial charge in [0.15, 0.2) is 0 Å². The minimum absolute atomic E-state index is 0. The molecule has 0 aliphatic heterocycles. The van der Waals surface area contributed by atoms with Gasteiger partial charge in [-0.2, -0.15) is 0 Å². The Labute approximate surface area is 257 Å². The van der Waals surface area contributed by atoms with E-state index in [9.17, 15) is 0 Å². The highest BCUT2D eigenvalue weighted by Gasteiger charge is 2.08. The standard InChI is InChI=1S/C32H60N4.2BrH/c1-3-5-7-9-11-13-15-17-19-21-23-33-25-27-35(31-33)29-30-36-28-26-34(32-36)24-22-20-18-16-14-12-10-8-6-4-2;;/h25-28,31-32H,3-24,29-30H2,1-2H3;2*1H/q+2;;/p-2. The largest absolute Gasteiger partial charge is 1.00 e. The molecule has 0 fully saturated rings. The maximum Gasteiger partial charge on any atom is 0.243 e. The number of hydrogen-bond acceptors (Lipinski definition) is 0. The van der Waals surface area contributed by atoms with Gasteiger partial charge in [-0.15, -0.1) is 0 Å². The van der Waals surface area contributed by atoms with Crippen LogP contribution >= 0.6 is 0 Å². The average Bonchev–Trinajstić information content (AvgIpc) is 3.54. The van der Waals surface area contributed by atoms with Crippen LogP contribution < -0.4 is 43.1 Å².